The van der Waals surface area contributed by atoms with Gasteiger partial charge in [-0.3, -0.25) is 0 Å². The number of carboxylic acid groups (broad SMARTS) is 1. The maximum atomic E-state index is 11.1. The minimum atomic E-state index is -1.71. The van der Waals surface area contributed by atoms with Crippen LogP contribution in [0, 0.1) is 0 Å². The van der Waals surface area contributed by atoms with Crippen molar-refractivity contribution in [2.24, 2.45) is 0 Å². The topological polar surface area (TPSA) is 166 Å². The molecule has 1 aliphatic heterocycles. The molecule has 0 radical (unpaired) electrons. The van der Waals surface area contributed by atoms with Crippen LogP contribution in [0.15, 0.2) is 12.1 Å². The van der Waals surface area contributed by atoms with Crippen LogP contribution in [0.4, 0.5) is 0 Å². The van der Waals surface area contributed by atoms with Gasteiger partial charge in [-0.05, 0) is 12.1 Å². The minimum absolute atomic E-state index is 0.186. The van der Waals surface area contributed by atoms with E-state index in [1.165, 1.54) is 7.11 Å². The van der Waals surface area contributed by atoms with E-state index in [1.807, 2.05) is 0 Å². The summed E-state index contributed by atoms with van der Waals surface area (Å²) in [6, 6.07) is 2.04. The quantitative estimate of drug-likeness (QED) is 0.361. The summed E-state index contributed by atoms with van der Waals surface area (Å²) in [5.74, 6) is -2.42. The highest BCUT2D eigenvalue weighted by atomic mass is 16.7. The summed E-state index contributed by atoms with van der Waals surface area (Å²) < 4.78 is 15.2. The SMILES string of the molecule is COc1cc(C(=O)O)cc(OC2OC(CO)C(O)C(O)C2O)c1O. The van der Waals surface area contributed by atoms with Crippen LogP contribution >= 0.6 is 0 Å². The Morgan fingerprint density at radius 2 is 1.79 bits per heavy atom. The largest absolute Gasteiger partial charge is 0.502 e. The van der Waals surface area contributed by atoms with E-state index >= 15 is 0 Å². The molecule has 0 aromatic heterocycles. The Morgan fingerprint density at radius 3 is 2.33 bits per heavy atom. The number of aromatic carboxylic acids is 1. The second-order valence-corrected chi connectivity index (χ2v) is 5.15. The predicted molar refractivity (Wildman–Crippen MR) is 76.0 cm³/mol. The van der Waals surface area contributed by atoms with Gasteiger partial charge in [0.1, 0.15) is 24.4 Å². The van der Waals surface area contributed by atoms with Gasteiger partial charge in [-0.1, -0.05) is 0 Å². The van der Waals surface area contributed by atoms with E-state index in [1.54, 1.807) is 0 Å². The molecule has 2 rings (SSSR count). The molecule has 10 nitrogen and oxygen atoms in total. The fourth-order valence-electron chi connectivity index (χ4n) is 2.24. The van der Waals surface area contributed by atoms with Crippen molar-refractivity contribution in [3.8, 4) is 17.2 Å². The number of aromatic hydroxyl groups is 1. The first kappa shape index (κ1) is 18.2. The number of carboxylic acids is 1. The van der Waals surface area contributed by atoms with Crippen LogP contribution in [-0.2, 0) is 4.74 Å². The molecular weight excluding hydrogens is 328 g/mol. The molecule has 5 atom stereocenters. The minimum Gasteiger partial charge on any atom is -0.502 e. The van der Waals surface area contributed by atoms with Crippen molar-refractivity contribution in [1.29, 1.82) is 0 Å². The number of ether oxygens (including phenoxy) is 3. The molecule has 0 saturated carbocycles. The lowest BCUT2D eigenvalue weighted by atomic mass is 9.99. The van der Waals surface area contributed by atoms with E-state index in [4.69, 9.17) is 24.4 Å². The van der Waals surface area contributed by atoms with E-state index in [9.17, 15) is 25.2 Å². The Labute approximate surface area is 136 Å². The molecule has 0 bridgehead atoms. The number of methoxy groups -OCH3 is 1. The van der Waals surface area contributed by atoms with Crippen molar-refractivity contribution in [3.05, 3.63) is 17.7 Å². The molecule has 1 aromatic rings. The van der Waals surface area contributed by atoms with Crippen LogP contribution in [0.1, 0.15) is 10.4 Å². The van der Waals surface area contributed by atoms with Crippen molar-refractivity contribution in [2.75, 3.05) is 13.7 Å². The van der Waals surface area contributed by atoms with Crippen LogP contribution in [-0.4, -0.2) is 81.0 Å². The maximum Gasteiger partial charge on any atom is 0.335 e. The van der Waals surface area contributed by atoms with Gasteiger partial charge in [-0.25, -0.2) is 4.79 Å². The zero-order chi connectivity index (χ0) is 18.0. The third-order valence-electron chi connectivity index (χ3n) is 3.60. The summed E-state index contributed by atoms with van der Waals surface area (Å²) in [6.45, 7) is -0.657. The predicted octanol–water partition coefficient (Wildman–Crippen LogP) is -1.72. The molecule has 1 aromatic carbocycles. The standard InChI is InChI=1S/C14H18O10/c1-22-6-2-5(13(20)21)3-7(9(6)16)23-14-12(19)11(18)10(17)8(4-15)24-14/h2-3,8,10-12,14-19H,4H2,1H3,(H,20,21). The van der Waals surface area contributed by atoms with Gasteiger partial charge in [0.25, 0.3) is 0 Å². The molecule has 10 heteroatoms. The number of rotatable bonds is 5. The molecule has 0 aliphatic carbocycles. The third kappa shape index (κ3) is 3.37. The smallest absolute Gasteiger partial charge is 0.335 e. The zero-order valence-electron chi connectivity index (χ0n) is 12.6. The summed E-state index contributed by atoms with van der Waals surface area (Å²) >= 11 is 0. The molecule has 1 fully saturated rings. The molecule has 0 spiro atoms. The van der Waals surface area contributed by atoms with Gasteiger partial charge in [0.2, 0.25) is 12.0 Å². The van der Waals surface area contributed by atoms with Gasteiger partial charge < -0.3 is 44.8 Å². The number of hydrogen-bond donors (Lipinski definition) is 6. The van der Waals surface area contributed by atoms with Crippen molar-refractivity contribution in [3.63, 3.8) is 0 Å². The molecule has 1 heterocycles. The van der Waals surface area contributed by atoms with E-state index < -0.39 is 49.0 Å². The zero-order valence-corrected chi connectivity index (χ0v) is 12.6. The Hall–Kier alpha value is -2.11. The number of aliphatic hydroxyl groups is 4. The number of aliphatic hydroxyl groups excluding tert-OH is 4. The van der Waals surface area contributed by atoms with Crippen LogP contribution in [0.3, 0.4) is 0 Å². The molecule has 5 unspecified atom stereocenters. The summed E-state index contributed by atoms with van der Waals surface area (Å²) in [4.78, 5) is 11.1. The number of carbonyl (C=O) groups is 1. The first-order valence-corrected chi connectivity index (χ1v) is 6.91. The highest BCUT2D eigenvalue weighted by Crippen LogP contribution is 2.39. The van der Waals surface area contributed by atoms with Gasteiger partial charge in [0.15, 0.2) is 11.5 Å². The van der Waals surface area contributed by atoms with Crippen molar-refractivity contribution < 1.29 is 49.6 Å². The van der Waals surface area contributed by atoms with Crippen LogP contribution in [0.5, 0.6) is 17.2 Å². The molecule has 1 aliphatic rings. The van der Waals surface area contributed by atoms with E-state index in [2.05, 4.69) is 0 Å². The maximum absolute atomic E-state index is 11.1. The Morgan fingerprint density at radius 1 is 1.17 bits per heavy atom. The fourth-order valence-corrected chi connectivity index (χ4v) is 2.24. The second kappa shape index (κ2) is 7.20. The highest BCUT2D eigenvalue weighted by molar-refractivity contribution is 5.89. The number of benzene rings is 1. The average molecular weight is 346 g/mol. The molecule has 134 valence electrons. The lowest BCUT2D eigenvalue weighted by Gasteiger charge is -2.39. The van der Waals surface area contributed by atoms with E-state index in [0.717, 1.165) is 12.1 Å². The van der Waals surface area contributed by atoms with Crippen LogP contribution < -0.4 is 9.47 Å². The van der Waals surface area contributed by atoms with Gasteiger partial charge in [0, 0.05) is 0 Å². The van der Waals surface area contributed by atoms with Gasteiger partial charge in [-0.15, -0.1) is 0 Å². The normalized spacial score (nSPS) is 30.0. The summed E-state index contributed by atoms with van der Waals surface area (Å²) in [5.41, 5.74) is -0.260. The van der Waals surface area contributed by atoms with E-state index in [-0.39, 0.29) is 17.1 Å². The average Bonchev–Trinajstić information content (AvgIpc) is 2.56. The molecular formula is C14H18O10. The first-order valence-electron chi connectivity index (χ1n) is 6.91. The molecule has 6 N–H and O–H groups in total. The summed E-state index contributed by atoms with van der Waals surface area (Å²) in [7, 11) is 1.21. The fraction of sp³-hybridized carbons (Fsp3) is 0.500. The third-order valence-corrected chi connectivity index (χ3v) is 3.60. The first-order chi connectivity index (χ1) is 11.3. The molecule has 1 saturated heterocycles. The number of phenols is 1. The highest BCUT2D eigenvalue weighted by Gasteiger charge is 2.45. The summed E-state index contributed by atoms with van der Waals surface area (Å²) in [6.07, 6.45) is -7.73. The van der Waals surface area contributed by atoms with Gasteiger partial charge in [0.05, 0.1) is 19.3 Å². The Bertz CT molecular complexity index is 601. The second-order valence-electron chi connectivity index (χ2n) is 5.15. The van der Waals surface area contributed by atoms with Crippen molar-refractivity contribution in [2.45, 2.75) is 30.7 Å². The van der Waals surface area contributed by atoms with Crippen molar-refractivity contribution >= 4 is 5.97 Å². The van der Waals surface area contributed by atoms with Gasteiger partial charge >= 0.3 is 5.97 Å². The summed E-state index contributed by atoms with van der Waals surface area (Å²) in [5, 5.41) is 57.5. The van der Waals surface area contributed by atoms with E-state index in [0.29, 0.717) is 0 Å². The molecule has 0 amide bonds. The van der Waals surface area contributed by atoms with Crippen molar-refractivity contribution in [1.82, 2.24) is 0 Å². The number of phenolic OH excluding ortho intramolecular Hbond substituents is 1. The Kier molecular flexibility index (Phi) is 5.47. The lowest BCUT2D eigenvalue weighted by Crippen LogP contribution is -2.60. The van der Waals surface area contributed by atoms with Crippen LogP contribution in [0.25, 0.3) is 0 Å². The molecule has 24 heavy (non-hydrogen) atoms. The Balaban J connectivity index is 2.32. The van der Waals surface area contributed by atoms with Crippen LogP contribution in [0.2, 0.25) is 0 Å². The van der Waals surface area contributed by atoms with Gasteiger partial charge in [-0.2, -0.15) is 0 Å². The monoisotopic (exact) mass is 346 g/mol. The lowest BCUT2D eigenvalue weighted by molar-refractivity contribution is -0.277. The number of hydrogen-bond acceptors (Lipinski definition) is 9.